The largest absolute Gasteiger partial charge is 0.492 e. The summed E-state index contributed by atoms with van der Waals surface area (Å²) in [5.74, 6) is 1.13. The Morgan fingerprint density at radius 2 is 1.77 bits per heavy atom. The van der Waals surface area contributed by atoms with Gasteiger partial charge in [-0.15, -0.1) is 0 Å². The van der Waals surface area contributed by atoms with Gasteiger partial charge in [-0.3, -0.25) is 9.36 Å². The third-order valence-electron chi connectivity index (χ3n) is 5.47. The van der Waals surface area contributed by atoms with E-state index in [-0.39, 0.29) is 11.2 Å². The molecule has 0 spiro atoms. The van der Waals surface area contributed by atoms with Gasteiger partial charge < -0.3 is 9.30 Å². The fourth-order valence-electron chi connectivity index (χ4n) is 3.67. The lowest BCUT2D eigenvalue weighted by atomic mass is 10.3. The molecule has 4 aromatic rings. The summed E-state index contributed by atoms with van der Waals surface area (Å²) in [4.78, 5) is 31.0. The molecule has 0 saturated heterocycles. The average Bonchev–Trinajstić information content (AvgIpc) is 3.51. The van der Waals surface area contributed by atoms with Gasteiger partial charge in [-0.1, -0.05) is 29.8 Å². The van der Waals surface area contributed by atoms with Gasteiger partial charge in [0, 0.05) is 11.6 Å². The van der Waals surface area contributed by atoms with E-state index in [4.69, 9.17) is 16.3 Å². The van der Waals surface area contributed by atoms with Gasteiger partial charge in [0.25, 0.3) is 5.56 Å². The van der Waals surface area contributed by atoms with Gasteiger partial charge >= 0.3 is 5.69 Å². The van der Waals surface area contributed by atoms with Gasteiger partial charge in [-0.2, -0.15) is 0 Å². The van der Waals surface area contributed by atoms with Crippen molar-refractivity contribution in [3.05, 3.63) is 86.8 Å². The van der Waals surface area contributed by atoms with Crippen LogP contribution in [0, 0.1) is 5.92 Å². The maximum absolute atomic E-state index is 13.3. The van der Waals surface area contributed by atoms with E-state index < -0.39 is 0 Å². The molecule has 1 aliphatic rings. The van der Waals surface area contributed by atoms with Gasteiger partial charge in [0.2, 0.25) is 0 Å². The van der Waals surface area contributed by atoms with Crippen LogP contribution in [0.2, 0.25) is 5.02 Å². The molecule has 0 atom stereocenters. The van der Waals surface area contributed by atoms with E-state index in [9.17, 15) is 9.59 Å². The number of nitrogens with zero attached hydrogens (tertiary/aromatic N) is 4. The second-order valence-corrected chi connectivity index (χ2v) is 8.16. The number of imidazole rings is 1. The van der Waals surface area contributed by atoms with Crippen LogP contribution in [0.5, 0.6) is 5.75 Å². The number of para-hydroxylation sites is 1. The molecule has 2 aromatic carbocycles. The molecule has 0 unspecified atom stereocenters. The van der Waals surface area contributed by atoms with E-state index in [1.165, 1.54) is 9.13 Å². The lowest BCUT2D eigenvalue weighted by Gasteiger charge is -2.13. The smallest absolute Gasteiger partial charge is 0.337 e. The fraction of sp³-hybridized carbons (Fsp3) is 0.261. The van der Waals surface area contributed by atoms with Gasteiger partial charge in [0.1, 0.15) is 12.4 Å². The molecule has 0 amide bonds. The van der Waals surface area contributed by atoms with Crippen molar-refractivity contribution >= 4 is 22.8 Å². The molecule has 2 aromatic heterocycles. The third kappa shape index (κ3) is 3.88. The van der Waals surface area contributed by atoms with Crippen LogP contribution in [-0.4, -0.2) is 25.3 Å². The standard InChI is InChI=1S/C23H21ClN4O3/c24-17-8-10-18(11-9-17)28-21-20(22(29)27(23(28)30)14-16-6-7-16)26(15-25-21)12-13-31-19-4-2-1-3-5-19/h1-5,8-11,15-16H,6-7,12-14H2. The Balaban J connectivity index is 1.58. The fourth-order valence-corrected chi connectivity index (χ4v) is 3.80. The van der Waals surface area contributed by atoms with Crippen molar-refractivity contribution in [2.24, 2.45) is 5.92 Å². The van der Waals surface area contributed by atoms with E-state index in [0.717, 1.165) is 18.6 Å². The van der Waals surface area contributed by atoms with E-state index in [1.807, 2.05) is 30.3 Å². The third-order valence-corrected chi connectivity index (χ3v) is 5.72. The molecule has 1 saturated carbocycles. The zero-order chi connectivity index (χ0) is 21.4. The first kappa shape index (κ1) is 19.6. The minimum absolute atomic E-state index is 0.311. The lowest BCUT2D eigenvalue weighted by Crippen LogP contribution is -2.40. The quantitative estimate of drug-likeness (QED) is 0.444. The van der Waals surface area contributed by atoms with Crippen molar-refractivity contribution in [3.63, 3.8) is 0 Å². The average molecular weight is 437 g/mol. The molecule has 8 heteroatoms. The number of rotatable bonds is 7. The first-order chi connectivity index (χ1) is 15.1. The molecule has 0 bridgehead atoms. The van der Waals surface area contributed by atoms with Crippen molar-refractivity contribution in [2.75, 3.05) is 6.61 Å². The Hall–Kier alpha value is -3.32. The Kier molecular flexibility index (Phi) is 5.11. The Bertz CT molecular complexity index is 1340. The summed E-state index contributed by atoms with van der Waals surface area (Å²) in [6.45, 7) is 1.23. The van der Waals surface area contributed by atoms with Crippen LogP contribution in [-0.2, 0) is 13.1 Å². The summed E-state index contributed by atoms with van der Waals surface area (Å²) in [7, 11) is 0. The molecule has 7 nitrogen and oxygen atoms in total. The van der Waals surface area contributed by atoms with E-state index in [1.54, 1.807) is 35.2 Å². The van der Waals surface area contributed by atoms with Crippen LogP contribution in [0.4, 0.5) is 0 Å². The predicted molar refractivity (Wildman–Crippen MR) is 119 cm³/mol. The molecule has 2 heterocycles. The van der Waals surface area contributed by atoms with Gasteiger partial charge in [-0.25, -0.2) is 14.3 Å². The van der Waals surface area contributed by atoms with Crippen LogP contribution >= 0.6 is 11.6 Å². The number of hydrogen-bond acceptors (Lipinski definition) is 4. The number of ether oxygens (including phenoxy) is 1. The van der Waals surface area contributed by atoms with Gasteiger partial charge in [0.05, 0.1) is 18.6 Å². The van der Waals surface area contributed by atoms with Crippen molar-refractivity contribution in [2.45, 2.75) is 25.9 Å². The Labute approximate surface area is 183 Å². The first-order valence-electron chi connectivity index (χ1n) is 10.3. The monoisotopic (exact) mass is 436 g/mol. The predicted octanol–water partition coefficient (Wildman–Crippen LogP) is 3.49. The maximum Gasteiger partial charge on any atom is 0.337 e. The van der Waals surface area contributed by atoms with Crippen molar-refractivity contribution in [1.82, 2.24) is 18.7 Å². The molecule has 1 aliphatic carbocycles. The van der Waals surface area contributed by atoms with Crippen LogP contribution in [0.15, 0.2) is 70.5 Å². The lowest BCUT2D eigenvalue weighted by molar-refractivity contribution is 0.300. The van der Waals surface area contributed by atoms with Crippen molar-refractivity contribution < 1.29 is 4.74 Å². The normalized spacial score (nSPS) is 13.6. The van der Waals surface area contributed by atoms with E-state index in [0.29, 0.717) is 47.5 Å². The topological polar surface area (TPSA) is 71.1 Å². The number of benzene rings is 2. The minimum atomic E-state index is -0.377. The molecule has 1 fully saturated rings. The Morgan fingerprint density at radius 3 is 2.48 bits per heavy atom. The maximum atomic E-state index is 13.3. The van der Waals surface area contributed by atoms with Crippen molar-refractivity contribution in [3.8, 4) is 11.4 Å². The molecular weight excluding hydrogens is 416 g/mol. The summed E-state index contributed by atoms with van der Waals surface area (Å²) in [6.07, 6.45) is 3.66. The minimum Gasteiger partial charge on any atom is -0.492 e. The summed E-state index contributed by atoms with van der Waals surface area (Å²) in [5, 5.41) is 0.572. The second kappa shape index (κ2) is 8.07. The van der Waals surface area contributed by atoms with Crippen LogP contribution < -0.4 is 16.0 Å². The Morgan fingerprint density at radius 1 is 1.03 bits per heavy atom. The number of hydrogen-bond donors (Lipinski definition) is 0. The van der Waals surface area contributed by atoms with Gasteiger partial charge in [0.15, 0.2) is 11.2 Å². The number of fused-ring (bicyclic) bond motifs is 1. The van der Waals surface area contributed by atoms with Crippen molar-refractivity contribution in [1.29, 1.82) is 0 Å². The van der Waals surface area contributed by atoms with Crippen LogP contribution in [0.25, 0.3) is 16.9 Å². The molecule has 5 rings (SSSR count). The zero-order valence-electron chi connectivity index (χ0n) is 16.8. The molecule has 0 aliphatic heterocycles. The summed E-state index contributed by atoms with van der Waals surface area (Å²) < 4.78 is 10.4. The highest BCUT2D eigenvalue weighted by Gasteiger charge is 2.26. The highest BCUT2D eigenvalue weighted by atomic mass is 35.5. The van der Waals surface area contributed by atoms with Crippen LogP contribution in [0.3, 0.4) is 0 Å². The SMILES string of the molecule is O=c1c2c(ncn2CCOc2ccccc2)n(-c2ccc(Cl)cc2)c(=O)n1CC1CC1. The highest BCUT2D eigenvalue weighted by Crippen LogP contribution is 2.30. The van der Waals surface area contributed by atoms with E-state index >= 15 is 0 Å². The second-order valence-electron chi connectivity index (χ2n) is 7.73. The molecule has 0 N–H and O–H groups in total. The van der Waals surface area contributed by atoms with E-state index in [2.05, 4.69) is 4.98 Å². The molecular formula is C23H21ClN4O3. The van der Waals surface area contributed by atoms with Gasteiger partial charge in [-0.05, 0) is 55.2 Å². The molecule has 31 heavy (non-hydrogen) atoms. The molecule has 158 valence electrons. The number of aromatic nitrogens is 4. The zero-order valence-corrected chi connectivity index (χ0v) is 17.5. The highest BCUT2D eigenvalue weighted by molar-refractivity contribution is 6.30. The summed E-state index contributed by atoms with van der Waals surface area (Å²) in [6, 6.07) is 16.5. The van der Waals surface area contributed by atoms with Crippen LogP contribution in [0.1, 0.15) is 12.8 Å². The summed E-state index contributed by atoms with van der Waals surface area (Å²) in [5.41, 5.74) is 0.664. The molecule has 0 radical (unpaired) electrons. The number of halogens is 1. The summed E-state index contributed by atoms with van der Waals surface area (Å²) >= 11 is 6.03. The first-order valence-corrected chi connectivity index (χ1v) is 10.6.